The fourth-order valence-corrected chi connectivity index (χ4v) is 4.25. The van der Waals surface area contributed by atoms with Crippen LogP contribution in [0.1, 0.15) is 40.4 Å². The minimum absolute atomic E-state index is 0.0724. The summed E-state index contributed by atoms with van der Waals surface area (Å²) in [7, 11) is 0. The number of hydrogen-bond donors (Lipinski definition) is 1. The Labute approximate surface area is 154 Å². The van der Waals surface area contributed by atoms with E-state index in [1.807, 2.05) is 36.1 Å². The Morgan fingerprint density at radius 2 is 1.69 bits per heavy atom. The molecule has 1 atom stereocenters. The molecule has 0 saturated carbocycles. The van der Waals surface area contributed by atoms with Crippen LogP contribution in [0, 0.1) is 0 Å². The van der Waals surface area contributed by atoms with Crippen molar-refractivity contribution in [3.8, 4) is 0 Å². The van der Waals surface area contributed by atoms with E-state index in [2.05, 4.69) is 29.6 Å². The lowest BCUT2D eigenvalue weighted by molar-refractivity contribution is -0.129. The fraction of sp³-hybridized carbons (Fsp3) is 0.364. The number of hydrogen-bond acceptors (Lipinski definition) is 2. The van der Waals surface area contributed by atoms with Gasteiger partial charge in [-0.15, -0.1) is 0 Å². The fourth-order valence-electron chi connectivity index (χ4n) is 4.25. The van der Waals surface area contributed by atoms with E-state index >= 15 is 0 Å². The smallest absolute Gasteiger partial charge is 0.251 e. The maximum absolute atomic E-state index is 12.7. The highest BCUT2D eigenvalue weighted by Gasteiger charge is 2.37. The molecule has 1 fully saturated rings. The number of nitrogens with one attached hydrogen (secondary N) is 1. The summed E-state index contributed by atoms with van der Waals surface area (Å²) in [5.74, 6) is 0.0775. The van der Waals surface area contributed by atoms with Crippen LogP contribution in [-0.4, -0.2) is 35.3 Å². The summed E-state index contributed by atoms with van der Waals surface area (Å²) in [6.07, 6.45) is 3.05. The topological polar surface area (TPSA) is 49.4 Å². The summed E-state index contributed by atoms with van der Waals surface area (Å²) in [5.41, 5.74) is 4.44. The molecule has 0 bridgehead atoms. The number of nitrogens with zero attached hydrogens (tertiary/aromatic N) is 1. The molecule has 1 heterocycles. The molecule has 4 heteroatoms. The average molecular weight is 348 g/mol. The standard InChI is InChI=1S/C22H24N2O2/c1-2-15-7-5-6-10-20(15)22(26)23-18-13-21(25)24(14-18)19-11-16-8-3-4-9-17(16)12-19/h3-10,18-19H,2,11-14H2,1H3,(H,23,26). The van der Waals surface area contributed by atoms with Crippen molar-refractivity contribution in [3.63, 3.8) is 0 Å². The average Bonchev–Trinajstić information content (AvgIpc) is 3.24. The minimum Gasteiger partial charge on any atom is -0.347 e. The van der Waals surface area contributed by atoms with Crippen LogP contribution in [0.15, 0.2) is 48.5 Å². The van der Waals surface area contributed by atoms with Crippen LogP contribution in [0.3, 0.4) is 0 Å². The molecule has 26 heavy (non-hydrogen) atoms. The van der Waals surface area contributed by atoms with Crippen LogP contribution < -0.4 is 5.32 Å². The van der Waals surface area contributed by atoms with Crippen LogP contribution in [0.25, 0.3) is 0 Å². The SMILES string of the molecule is CCc1ccccc1C(=O)NC1CC(=O)N(C2Cc3ccccc3C2)C1. The molecular weight excluding hydrogens is 324 g/mol. The Hall–Kier alpha value is -2.62. The molecule has 2 aliphatic rings. The van der Waals surface area contributed by atoms with E-state index in [1.54, 1.807) is 0 Å². The molecule has 1 aliphatic carbocycles. The highest BCUT2D eigenvalue weighted by molar-refractivity contribution is 5.96. The molecule has 4 rings (SSSR count). The first kappa shape index (κ1) is 16.8. The lowest BCUT2D eigenvalue weighted by Gasteiger charge is -2.24. The third kappa shape index (κ3) is 3.12. The third-order valence-electron chi connectivity index (χ3n) is 5.61. The predicted molar refractivity (Wildman–Crippen MR) is 101 cm³/mol. The normalized spacial score (nSPS) is 19.7. The summed E-state index contributed by atoms with van der Waals surface area (Å²) in [6.45, 7) is 2.65. The van der Waals surface area contributed by atoms with Crippen molar-refractivity contribution in [2.45, 2.75) is 44.7 Å². The molecular formula is C22H24N2O2. The van der Waals surface area contributed by atoms with Crippen molar-refractivity contribution in [1.82, 2.24) is 10.2 Å². The Balaban J connectivity index is 1.42. The number of benzene rings is 2. The summed E-state index contributed by atoms with van der Waals surface area (Å²) in [4.78, 5) is 27.2. The van der Waals surface area contributed by atoms with Crippen LogP contribution >= 0.6 is 0 Å². The number of amides is 2. The van der Waals surface area contributed by atoms with Gasteiger partial charge in [-0.1, -0.05) is 49.4 Å². The molecule has 4 nitrogen and oxygen atoms in total. The van der Waals surface area contributed by atoms with Gasteiger partial charge in [0.05, 0.1) is 6.04 Å². The van der Waals surface area contributed by atoms with Gasteiger partial charge in [-0.25, -0.2) is 0 Å². The van der Waals surface area contributed by atoms with Crippen molar-refractivity contribution in [2.75, 3.05) is 6.54 Å². The van der Waals surface area contributed by atoms with E-state index in [0.717, 1.165) is 24.8 Å². The van der Waals surface area contributed by atoms with Crippen molar-refractivity contribution in [1.29, 1.82) is 0 Å². The van der Waals surface area contributed by atoms with Gasteiger partial charge in [-0.3, -0.25) is 9.59 Å². The van der Waals surface area contributed by atoms with E-state index in [1.165, 1.54) is 11.1 Å². The lowest BCUT2D eigenvalue weighted by Crippen LogP contribution is -2.41. The molecule has 1 N–H and O–H groups in total. The maximum Gasteiger partial charge on any atom is 0.251 e. The summed E-state index contributed by atoms with van der Waals surface area (Å²) >= 11 is 0. The van der Waals surface area contributed by atoms with E-state index in [-0.39, 0.29) is 23.9 Å². The van der Waals surface area contributed by atoms with Crippen LogP contribution in [0.2, 0.25) is 0 Å². The number of fused-ring (bicyclic) bond motifs is 1. The molecule has 2 aromatic carbocycles. The molecule has 2 amide bonds. The number of carbonyl (C=O) groups excluding carboxylic acids is 2. The van der Waals surface area contributed by atoms with Crippen LogP contribution in [0.5, 0.6) is 0 Å². The largest absolute Gasteiger partial charge is 0.347 e. The van der Waals surface area contributed by atoms with Gasteiger partial charge >= 0.3 is 0 Å². The molecule has 2 aromatic rings. The van der Waals surface area contributed by atoms with E-state index in [4.69, 9.17) is 0 Å². The second kappa shape index (κ2) is 6.94. The van der Waals surface area contributed by atoms with Crippen LogP contribution in [-0.2, 0) is 24.1 Å². The monoisotopic (exact) mass is 348 g/mol. The van der Waals surface area contributed by atoms with Crippen LogP contribution in [0.4, 0.5) is 0 Å². The first-order valence-electron chi connectivity index (χ1n) is 9.40. The molecule has 0 spiro atoms. The molecule has 1 saturated heterocycles. The van der Waals surface area contributed by atoms with E-state index < -0.39 is 0 Å². The van der Waals surface area contributed by atoms with Gasteiger partial charge in [-0.2, -0.15) is 0 Å². The molecule has 1 aliphatic heterocycles. The number of rotatable bonds is 4. The highest BCUT2D eigenvalue weighted by atomic mass is 16.2. The zero-order valence-electron chi connectivity index (χ0n) is 15.1. The number of likely N-dealkylation sites (tertiary alicyclic amines) is 1. The summed E-state index contributed by atoms with van der Waals surface area (Å²) < 4.78 is 0. The lowest BCUT2D eigenvalue weighted by atomic mass is 10.0. The van der Waals surface area contributed by atoms with Crippen molar-refractivity contribution < 1.29 is 9.59 Å². The molecule has 0 aromatic heterocycles. The summed E-state index contributed by atoms with van der Waals surface area (Å²) in [6, 6.07) is 16.2. The summed E-state index contributed by atoms with van der Waals surface area (Å²) in [5, 5.41) is 3.07. The van der Waals surface area contributed by atoms with Gasteiger partial charge < -0.3 is 10.2 Å². The first-order valence-corrected chi connectivity index (χ1v) is 9.40. The molecule has 134 valence electrons. The Morgan fingerprint density at radius 3 is 2.38 bits per heavy atom. The highest BCUT2D eigenvalue weighted by Crippen LogP contribution is 2.28. The Morgan fingerprint density at radius 1 is 1.04 bits per heavy atom. The quantitative estimate of drug-likeness (QED) is 0.924. The van der Waals surface area contributed by atoms with E-state index in [0.29, 0.717) is 18.5 Å². The molecule has 1 unspecified atom stereocenters. The van der Waals surface area contributed by atoms with Gasteiger partial charge in [0.25, 0.3) is 5.91 Å². The van der Waals surface area contributed by atoms with Gasteiger partial charge in [0.2, 0.25) is 5.91 Å². The second-order valence-electron chi connectivity index (χ2n) is 7.26. The number of carbonyl (C=O) groups is 2. The Kier molecular flexibility index (Phi) is 4.49. The Bertz CT molecular complexity index is 821. The first-order chi connectivity index (χ1) is 12.7. The van der Waals surface area contributed by atoms with Gasteiger partial charge in [0.1, 0.15) is 0 Å². The zero-order chi connectivity index (χ0) is 18.1. The predicted octanol–water partition coefficient (Wildman–Crippen LogP) is 2.75. The van der Waals surface area contributed by atoms with Gasteiger partial charge in [-0.05, 0) is 42.0 Å². The van der Waals surface area contributed by atoms with Crippen molar-refractivity contribution in [3.05, 3.63) is 70.8 Å². The van der Waals surface area contributed by atoms with Gasteiger partial charge in [0, 0.05) is 24.6 Å². The van der Waals surface area contributed by atoms with E-state index in [9.17, 15) is 9.59 Å². The maximum atomic E-state index is 12.7. The molecule has 0 radical (unpaired) electrons. The number of aryl methyl sites for hydroxylation is 1. The van der Waals surface area contributed by atoms with Crippen molar-refractivity contribution >= 4 is 11.8 Å². The third-order valence-corrected chi connectivity index (χ3v) is 5.61. The van der Waals surface area contributed by atoms with Gasteiger partial charge in [0.15, 0.2) is 0 Å². The zero-order valence-corrected chi connectivity index (χ0v) is 15.1. The van der Waals surface area contributed by atoms with Crippen molar-refractivity contribution in [2.24, 2.45) is 0 Å². The minimum atomic E-state index is -0.108. The second-order valence-corrected chi connectivity index (χ2v) is 7.26.